The molecule has 1 atom stereocenters. The van der Waals surface area contributed by atoms with Crippen molar-refractivity contribution in [3.8, 4) is 5.75 Å². The first-order valence-corrected chi connectivity index (χ1v) is 10.5. The molecule has 0 radical (unpaired) electrons. The van der Waals surface area contributed by atoms with Gasteiger partial charge in [0.15, 0.2) is 0 Å². The zero-order valence-corrected chi connectivity index (χ0v) is 18.0. The molecule has 164 valence electrons. The van der Waals surface area contributed by atoms with E-state index in [1.807, 2.05) is 32.0 Å². The van der Waals surface area contributed by atoms with Crippen LogP contribution in [0.15, 0.2) is 47.4 Å². The summed E-state index contributed by atoms with van der Waals surface area (Å²) >= 11 is 1.60. The van der Waals surface area contributed by atoms with E-state index in [0.717, 1.165) is 22.9 Å². The first-order chi connectivity index (χ1) is 14.2. The highest BCUT2D eigenvalue weighted by atomic mass is 32.2. The van der Waals surface area contributed by atoms with Crippen molar-refractivity contribution in [3.05, 3.63) is 59.2 Å². The molecule has 2 aromatic carbocycles. The van der Waals surface area contributed by atoms with E-state index in [2.05, 4.69) is 4.74 Å². The highest BCUT2D eigenvalue weighted by molar-refractivity contribution is 7.99. The summed E-state index contributed by atoms with van der Waals surface area (Å²) in [5.74, 6) is -1.73. The van der Waals surface area contributed by atoms with Crippen LogP contribution in [0.1, 0.15) is 30.5 Å². The fraction of sp³-hybridized carbons (Fsp3) is 0.409. The normalized spacial score (nSPS) is 12.4. The fourth-order valence-electron chi connectivity index (χ4n) is 2.66. The maximum atomic E-state index is 13.3. The number of hydrogen-bond donors (Lipinski definition) is 1. The number of rotatable bonds is 11. The SMILES string of the molecule is CCO[C@H](COc1ccc(C(C)(F)F)cc1)CSc1ccc(COC(=O)O)c(C)c1. The van der Waals surface area contributed by atoms with E-state index in [-0.39, 0.29) is 18.3 Å². The van der Waals surface area contributed by atoms with Crippen LogP contribution in [0, 0.1) is 6.92 Å². The van der Waals surface area contributed by atoms with Crippen molar-refractivity contribution in [1.29, 1.82) is 0 Å². The molecule has 0 saturated heterocycles. The van der Waals surface area contributed by atoms with Gasteiger partial charge in [0, 0.05) is 29.7 Å². The number of hydrogen-bond acceptors (Lipinski definition) is 5. The lowest BCUT2D eigenvalue weighted by Gasteiger charge is -2.18. The quantitative estimate of drug-likeness (QED) is 0.348. The third kappa shape index (κ3) is 7.84. The lowest BCUT2D eigenvalue weighted by Crippen LogP contribution is -2.24. The van der Waals surface area contributed by atoms with Crippen LogP contribution < -0.4 is 4.74 Å². The van der Waals surface area contributed by atoms with Gasteiger partial charge in [-0.2, -0.15) is 0 Å². The summed E-state index contributed by atoms with van der Waals surface area (Å²) in [5.41, 5.74) is 1.70. The number of carbonyl (C=O) groups is 1. The monoisotopic (exact) mass is 440 g/mol. The molecule has 0 aromatic heterocycles. The molecule has 0 spiro atoms. The standard InChI is InChI=1S/C22H26F2O5S/c1-4-27-19(13-28-18-8-6-17(7-9-18)22(3,23)24)14-30-20-10-5-16(15(2)11-20)12-29-21(25)26/h5-11,19H,4,12-14H2,1-3H3,(H,25,26)/t19-/m1/s1. The van der Waals surface area contributed by atoms with Crippen molar-refractivity contribution < 1.29 is 32.9 Å². The molecule has 8 heteroatoms. The van der Waals surface area contributed by atoms with Crippen LogP contribution in [0.2, 0.25) is 0 Å². The molecular formula is C22H26F2O5S. The van der Waals surface area contributed by atoms with Gasteiger partial charge in [0.2, 0.25) is 0 Å². The Morgan fingerprint density at radius 2 is 1.90 bits per heavy atom. The Balaban J connectivity index is 1.89. The van der Waals surface area contributed by atoms with Crippen molar-refractivity contribution in [2.24, 2.45) is 0 Å². The van der Waals surface area contributed by atoms with Gasteiger partial charge >= 0.3 is 6.16 Å². The highest BCUT2D eigenvalue weighted by Gasteiger charge is 2.23. The second-order valence-electron chi connectivity index (χ2n) is 6.75. The average molecular weight is 441 g/mol. The fourth-order valence-corrected chi connectivity index (χ4v) is 3.66. The van der Waals surface area contributed by atoms with Crippen molar-refractivity contribution in [2.45, 2.75) is 44.3 Å². The van der Waals surface area contributed by atoms with Crippen LogP contribution in [-0.2, 0) is 22.0 Å². The number of benzene rings is 2. The van der Waals surface area contributed by atoms with Gasteiger partial charge in [0.25, 0.3) is 5.92 Å². The molecule has 0 bridgehead atoms. The van der Waals surface area contributed by atoms with Crippen LogP contribution in [0.25, 0.3) is 0 Å². The van der Waals surface area contributed by atoms with Crippen LogP contribution >= 0.6 is 11.8 Å². The van der Waals surface area contributed by atoms with E-state index in [0.29, 0.717) is 24.7 Å². The summed E-state index contributed by atoms with van der Waals surface area (Å²) in [7, 11) is 0. The Morgan fingerprint density at radius 3 is 2.47 bits per heavy atom. The van der Waals surface area contributed by atoms with Gasteiger partial charge in [-0.3, -0.25) is 0 Å². The van der Waals surface area contributed by atoms with Crippen molar-refractivity contribution in [3.63, 3.8) is 0 Å². The molecule has 0 aliphatic carbocycles. The second-order valence-corrected chi connectivity index (χ2v) is 7.85. The number of alkyl halides is 2. The van der Waals surface area contributed by atoms with Gasteiger partial charge in [-0.05, 0) is 61.4 Å². The topological polar surface area (TPSA) is 65.0 Å². The zero-order chi connectivity index (χ0) is 22.1. The Morgan fingerprint density at radius 1 is 1.20 bits per heavy atom. The summed E-state index contributed by atoms with van der Waals surface area (Å²) in [6.07, 6.45) is -1.48. The molecule has 1 N–H and O–H groups in total. The second kappa shape index (κ2) is 11.2. The van der Waals surface area contributed by atoms with Crippen LogP contribution in [-0.4, -0.2) is 36.3 Å². The largest absolute Gasteiger partial charge is 0.506 e. The maximum absolute atomic E-state index is 13.3. The summed E-state index contributed by atoms with van der Waals surface area (Å²) in [6.45, 7) is 5.50. The predicted octanol–water partition coefficient (Wildman–Crippen LogP) is 5.88. The minimum Gasteiger partial charge on any atom is -0.491 e. The van der Waals surface area contributed by atoms with Gasteiger partial charge in [-0.15, -0.1) is 11.8 Å². The smallest absolute Gasteiger partial charge is 0.491 e. The summed E-state index contributed by atoms with van der Waals surface area (Å²) in [5, 5.41) is 8.61. The van der Waals surface area contributed by atoms with Gasteiger partial charge < -0.3 is 19.3 Å². The first kappa shape index (κ1) is 24.0. The molecule has 0 unspecified atom stereocenters. The summed E-state index contributed by atoms with van der Waals surface area (Å²) < 4.78 is 42.7. The number of ether oxygens (including phenoxy) is 3. The predicted molar refractivity (Wildman–Crippen MR) is 112 cm³/mol. The van der Waals surface area contributed by atoms with Crippen LogP contribution in [0.4, 0.5) is 13.6 Å². The molecule has 0 saturated carbocycles. The number of aryl methyl sites for hydroxylation is 1. The van der Waals surface area contributed by atoms with E-state index in [9.17, 15) is 13.6 Å². The van der Waals surface area contributed by atoms with E-state index < -0.39 is 12.1 Å². The molecule has 0 amide bonds. The molecular weight excluding hydrogens is 414 g/mol. The number of carboxylic acid groups (broad SMARTS) is 1. The summed E-state index contributed by atoms with van der Waals surface area (Å²) in [6, 6.07) is 11.5. The van der Waals surface area contributed by atoms with Crippen molar-refractivity contribution >= 4 is 17.9 Å². The third-order valence-electron chi connectivity index (χ3n) is 4.30. The van der Waals surface area contributed by atoms with Crippen LogP contribution in [0.3, 0.4) is 0 Å². The minimum absolute atomic E-state index is 0.0181. The van der Waals surface area contributed by atoms with Crippen LogP contribution in [0.5, 0.6) is 5.75 Å². The molecule has 0 heterocycles. The molecule has 0 aliphatic rings. The Hall–Kier alpha value is -2.32. The Labute approximate surface area is 179 Å². The summed E-state index contributed by atoms with van der Waals surface area (Å²) in [4.78, 5) is 11.5. The molecule has 0 aliphatic heterocycles. The molecule has 2 rings (SSSR count). The maximum Gasteiger partial charge on any atom is 0.506 e. The van der Waals surface area contributed by atoms with E-state index in [4.69, 9.17) is 14.6 Å². The minimum atomic E-state index is -2.88. The number of thioether (sulfide) groups is 1. The van der Waals surface area contributed by atoms with E-state index >= 15 is 0 Å². The van der Waals surface area contributed by atoms with Gasteiger partial charge in [0.05, 0.1) is 0 Å². The van der Waals surface area contributed by atoms with Gasteiger partial charge in [-0.25, -0.2) is 13.6 Å². The first-order valence-electron chi connectivity index (χ1n) is 9.50. The molecule has 5 nitrogen and oxygen atoms in total. The lowest BCUT2D eigenvalue weighted by molar-refractivity contribution is 0.0173. The van der Waals surface area contributed by atoms with Gasteiger partial charge in [0.1, 0.15) is 25.1 Å². The van der Waals surface area contributed by atoms with E-state index in [1.54, 1.807) is 11.8 Å². The van der Waals surface area contributed by atoms with Gasteiger partial charge in [-0.1, -0.05) is 6.07 Å². The molecule has 2 aromatic rings. The lowest BCUT2D eigenvalue weighted by atomic mass is 10.1. The third-order valence-corrected chi connectivity index (χ3v) is 5.43. The van der Waals surface area contributed by atoms with Crippen molar-refractivity contribution in [1.82, 2.24) is 0 Å². The van der Waals surface area contributed by atoms with Crippen molar-refractivity contribution in [2.75, 3.05) is 19.0 Å². The zero-order valence-electron chi connectivity index (χ0n) is 17.2. The highest BCUT2D eigenvalue weighted by Crippen LogP contribution is 2.28. The Bertz CT molecular complexity index is 821. The molecule has 30 heavy (non-hydrogen) atoms. The Kier molecular flexibility index (Phi) is 8.92. The molecule has 0 fully saturated rings. The average Bonchev–Trinajstić information content (AvgIpc) is 2.69. The number of halogens is 2. The van der Waals surface area contributed by atoms with E-state index in [1.165, 1.54) is 24.3 Å².